The van der Waals surface area contributed by atoms with Gasteiger partial charge in [0.25, 0.3) is 0 Å². The predicted molar refractivity (Wildman–Crippen MR) is 81.3 cm³/mol. The molecule has 0 spiro atoms. The van der Waals surface area contributed by atoms with Gasteiger partial charge in [-0.25, -0.2) is 0 Å². The summed E-state index contributed by atoms with van der Waals surface area (Å²) < 4.78 is 13.3. The lowest BCUT2D eigenvalue weighted by Crippen LogP contribution is -2.38. The molecule has 1 aliphatic heterocycles. The monoisotopic (exact) mass is 293 g/mol. The molecule has 5 heteroatoms. The van der Waals surface area contributed by atoms with Crippen molar-refractivity contribution in [2.24, 2.45) is 0 Å². The third-order valence-electron chi connectivity index (χ3n) is 4.52. The van der Waals surface area contributed by atoms with Crippen LogP contribution in [0.15, 0.2) is 12.3 Å². The second-order valence-corrected chi connectivity index (χ2v) is 6.09. The van der Waals surface area contributed by atoms with Crippen molar-refractivity contribution < 1.29 is 9.47 Å². The highest BCUT2D eigenvalue weighted by atomic mass is 16.5. The summed E-state index contributed by atoms with van der Waals surface area (Å²) in [4.78, 5) is 2.39. The summed E-state index contributed by atoms with van der Waals surface area (Å²) in [5.74, 6) is 0. The van der Waals surface area contributed by atoms with Crippen molar-refractivity contribution in [1.82, 2.24) is 14.7 Å². The number of rotatable bonds is 6. The topological polar surface area (TPSA) is 39.5 Å². The summed E-state index contributed by atoms with van der Waals surface area (Å²) in [6, 6.07) is 2.71. The minimum absolute atomic E-state index is 0.612. The standard InChI is InChI=1S/C16H27N3O2/c1-2-4-16(5-3-1)19-7-6-15(17-19)14-21-13-10-18-8-11-20-12-9-18/h6-7,16H,1-5,8-14H2. The average Bonchev–Trinajstić information content (AvgIpc) is 3.02. The Balaban J connectivity index is 1.36. The SMILES string of the molecule is c1cn(C2CCCCC2)nc1COCCN1CCOCC1. The number of nitrogens with zero attached hydrogens (tertiary/aromatic N) is 3. The maximum Gasteiger partial charge on any atom is 0.0907 e. The first-order valence-electron chi connectivity index (χ1n) is 8.34. The average molecular weight is 293 g/mol. The lowest BCUT2D eigenvalue weighted by molar-refractivity contribution is 0.0176. The van der Waals surface area contributed by atoms with Crippen molar-refractivity contribution in [3.63, 3.8) is 0 Å². The van der Waals surface area contributed by atoms with Crippen LogP contribution >= 0.6 is 0 Å². The Morgan fingerprint density at radius 1 is 1.19 bits per heavy atom. The zero-order chi connectivity index (χ0) is 14.3. The van der Waals surface area contributed by atoms with E-state index in [0.717, 1.165) is 45.1 Å². The van der Waals surface area contributed by atoms with Crippen molar-refractivity contribution in [2.75, 3.05) is 39.5 Å². The first-order chi connectivity index (χ1) is 10.4. The minimum Gasteiger partial charge on any atom is -0.379 e. The second kappa shape index (κ2) is 7.92. The molecule has 1 saturated heterocycles. The van der Waals surface area contributed by atoms with Gasteiger partial charge in [0.1, 0.15) is 0 Å². The quantitative estimate of drug-likeness (QED) is 0.754. The second-order valence-electron chi connectivity index (χ2n) is 6.09. The molecule has 0 unspecified atom stereocenters. The molecule has 5 nitrogen and oxygen atoms in total. The predicted octanol–water partition coefficient (Wildman–Crippen LogP) is 2.24. The van der Waals surface area contributed by atoms with Crippen LogP contribution in [0.1, 0.15) is 43.8 Å². The number of morpholine rings is 1. The van der Waals surface area contributed by atoms with Crippen molar-refractivity contribution in [3.05, 3.63) is 18.0 Å². The van der Waals surface area contributed by atoms with Gasteiger partial charge in [-0.15, -0.1) is 0 Å². The Morgan fingerprint density at radius 3 is 2.81 bits per heavy atom. The van der Waals surface area contributed by atoms with Crippen LogP contribution in [0.5, 0.6) is 0 Å². The molecule has 21 heavy (non-hydrogen) atoms. The van der Waals surface area contributed by atoms with Gasteiger partial charge in [0.15, 0.2) is 0 Å². The maximum absolute atomic E-state index is 5.76. The zero-order valence-corrected chi connectivity index (χ0v) is 12.9. The highest BCUT2D eigenvalue weighted by Gasteiger charge is 2.16. The Hall–Kier alpha value is -0.910. The van der Waals surface area contributed by atoms with E-state index in [1.807, 2.05) is 0 Å². The van der Waals surface area contributed by atoms with E-state index >= 15 is 0 Å². The Bertz CT molecular complexity index is 409. The number of ether oxygens (including phenoxy) is 2. The fourth-order valence-corrected chi connectivity index (χ4v) is 3.20. The third-order valence-corrected chi connectivity index (χ3v) is 4.52. The molecule has 0 atom stereocenters. The minimum atomic E-state index is 0.612. The van der Waals surface area contributed by atoms with Crippen molar-refractivity contribution in [1.29, 1.82) is 0 Å². The van der Waals surface area contributed by atoms with Gasteiger partial charge >= 0.3 is 0 Å². The zero-order valence-electron chi connectivity index (χ0n) is 12.9. The van der Waals surface area contributed by atoms with Gasteiger partial charge in [-0.2, -0.15) is 5.10 Å². The molecule has 1 aromatic rings. The Kier molecular flexibility index (Phi) is 5.66. The molecule has 1 saturated carbocycles. The molecule has 2 heterocycles. The summed E-state index contributed by atoms with van der Waals surface area (Å²) in [7, 11) is 0. The number of aromatic nitrogens is 2. The van der Waals surface area contributed by atoms with Crippen LogP contribution in [-0.4, -0.2) is 54.1 Å². The summed E-state index contributed by atoms with van der Waals surface area (Å²) in [5, 5.41) is 4.68. The smallest absolute Gasteiger partial charge is 0.0907 e. The van der Waals surface area contributed by atoms with E-state index in [2.05, 4.69) is 26.9 Å². The molecule has 1 aliphatic carbocycles. The van der Waals surface area contributed by atoms with Crippen LogP contribution in [0, 0.1) is 0 Å². The first-order valence-corrected chi connectivity index (χ1v) is 8.34. The van der Waals surface area contributed by atoms with Crippen LogP contribution in [0.25, 0.3) is 0 Å². The molecular weight excluding hydrogens is 266 g/mol. The third kappa shape index (κ3) is 4.53. The molecule has 0 radical (unpaired) electrons. The number of hydrogen-bond acceptors (Lipinski definition) is 4. The van der Waals surface area contributed by atoms with Crippen molar-refractivity contribution >= 4 is 0 Å². The van der Waals surface area contributed by atoms with Crippen LogP contribution in [0.2, 0.25) is 0 Å². The molecule has 2 fully saturated rings. The molecule has 0 bridgehead atoms. The van der Waals surface area contributed by atoms with E-state index in [0.29, 0.717) is 12.6 Å². The highest BCUT2D eigenvalue weighted by molar-refractivity contribution is 4.98. The normalized spacial score (nSPS) is 21.7. The van der Waals surface area contributed by atoms with E-state index in [1.165, 1.54) is 32.1 Å². The molecule has 118 valence electrons. The first kappa shape index (κ1) is 15.0. The lowest BCUT2D eigenvalue weighted by atomic mass is 9.96. The molecular formula is C16H27N3O2. The van der Waals surface area contributed by atoms with Gasteiger partial charge in [-0.3, -0.25) is 9.58 Å². The fourth-order valence-electron chi connectivity index (χ4n) is 3.20. The van der Waals surface area contributed by atoms with Gasteiger partial charge in [0, 0.05) is 25.8 Å². The molecule has 0 aromatic carbocycles. The Morgan fingerprint density at radius 2 is 2.00 bits per heavy atom. The van der Waals surface area contributed by atoms with Crippen LogP contribution in [0.3, 0.4) is 0 Å². The highest BCUT2D eigenvalue weighted by Crippen LogP contribution is 2.27. The van der Waals surface area contributed by atoms with Gasteiger partial charge in [-0.05, 0) is 18.9 Å². The molecule has 0 amide bonds. The Labute approximate surface area is 127 Å². The molecule has 0 N–H and O–H groups in total. The molecule has 1 aromatic heterocycles. The fraction of sp³-hybridized carbons (Fsp3) is 0.812. The van der Waals surface area contributed by atoms with Gasteiger partial charge < -0.3 is 9.47 Å². The molecule has 2 aliphatic rings. The van der Waals surface area contributed by atoms with Crippen LogP contribution < -0.4 is 0 Å². The summed E-state index contributed by atoms with van der Waals surface area (Å²) in [6.45, 7) is 6.16. The number of hydrogen-bond donors (Lipinski definition) is 0. The van der Waals surface area contributed by atoms with Crippen LogP contribution in [0.4, 0.5) is 0 Å². The van der Waals surface area contributed by atoms with E-state index in [4.69, 9.17) is 9.47 Å². The van der Waals surface area contributed by atoms with E-state index < -0.39 is 0 Å². The van der Waals surface area contributed by atoms with E-state index in [9.17, 15) is 0 Å². The maximum atomic E-state index is 5.76. The van der Waals surface area contributed by atoms with Gasteiger partial charge in [-0.1, -0.05) is 19.3 Å². The van der Waals surface area contributed by atoms with E-state index in [1.54, 1.807) is 0 Å². The van der Waals surface area contributed by atoms with E-state index in [-0.39, 0.29) is 0 Å². The summed E-state index contributed by atoms with van der Waals surface area (Å²) in [5.41, 5.74) is 1.06. The summed E-state index contributed by atoms with van der Waals surface area (Å²) in [6.07, 6.45) is 8.75. The van der Waals surface area contributed by atoms with Crippen LogP contribution in [-0.2, 0) is 16.1 Å². The van der Waals surface area contributed by atoms with Crippen molar-refractivity contribution in [3.8, 4) is 0 Å². The lowest BCUT2D eigenvalue weighted by Gasteiger charge is -2.26. The van der Waals surface area contributed by atoms with Crippen molar-refractivity contribution in [2.45, 2.75) is 44.8 Å². The summed E-state index contributed by atoms with van der Waals surface area (Å²) >= 11 is 0. The van der Waals surface area contributed by atoms with Gasteiger partial charge in [0.05, 0.1) is 38.2 Å². The molecule has 3 rings (SSSR count). The largest absolute Gasteiger partial charge is 0.379 e. The van der Waals surface area contributed by atoms with Gasteiger partial charge in [0.2, 0.25) is 0 Å².